The average Bonchev–Trinajstić information content (AvgIpc) is 3.42. The minimum absolute atomic E-state index is 0.0631. The standard InChI is InChI=1S/C33H39N9O3/c1-4-35-30(44)22-8-10-26-20(12-22)6-7-21-13-23(31(45)36-5-2)9-11-27(21)33(26,32-38-40-41-39-32)16-19(3)37-18-29(43)42-25(17-34)14-24-15-28(24)42/h8-13,19,24-25,28,37H,4-7,14-16,18H2,1-3H3,(H,35,44)(H,36,45)(H,38,39,40,41)/t19-,24+,25?,28-/m0/s1. The number of nitrogens with zero attached hydrogens (tertiary/aromatic N) is 5. The number of carbonyl (C=O) groups is 3. The molecule has 12 heteroatoms. The summed E-state index contributed by atoms with van der Waals surface area (Å²) >= 11 is 0. The molecule has 2 aromatic carbocycles. The third kappa shape index (κ3) is 5.57. The molecule has 1 saturated heterocycles. The van der Waals surface area contributed by atoms with Gasteiger partial charge in [-0.15, -0.1) is 10.2 Å². The summed E-state index contributed by atoms with van der Waals surface area (Å²) in [5.41, 5.74) is 4.09. The molecule has 0 bridgehead atoms. The van der Waals surface area contributed by atoms with Crippen molar-refractivity contribution in [3.8, 4) is 6.07 Å². The first-order valence-electron chi connectivity index (χ1n) is 15.8. The Kier molecular flexibility index (Phi) is 8.38. The molecular formula is C33H39N9O3. The van der Waals surface area contributed by atoms with Crippen molar-refractivity contribution in [1.29, 1.82) is 5.26 Å². The number of carbonyl (C=O) groups excluding carboxylic acids is 3. The number of tetrazole rings is 1. The molecule has 45 heavy (non-hydrogen) atoms. The number of fused-ring (bicyclic) bond motifs is 3. The van der Waals surface area contributed by atoms with Crippen molar-refractivity contribution in [2.45, 2.75) is 76.4 Å². The number of nitrogens with one attached hydrogen (secondary N) is 4. The number of aromatic nitrogens is 4. The maximum absolute atomic E-state index is 13.3. The van der Waals surface area contributed by atoms with Gasteiger partial charge in [-0.25, -0.2) is 0 Å². The van der Waals surface area contributed by atoms with Crippen LogP contribution in [0, 0.1) is 17.2 Å². The summed E-state index contributed by atoms with van der Waals surface area (Å²) in [7, 11) is 0. The largest absolute Gasteiger partial charge is 0.352 e. The summed E-state index contributed by atoms with van der Waals surface area (Å²) < 4.78 is 0. The zero-order chi connectivity index (χ0) is 31.7. The molecule has 3 aromatic rings. The van der Waals surface area contributed by atoms with Crippen LogP contribution in [-0.4, -0.2) is 81.0 Å². The second-order valence-corrected chi connectivity index (χ2v) is 12.3. The van der Waals surface area contributed by atoms with Gasteiger partial charge in [0.2, 0.25) is 5.91 Å². The van der Waals surface area contributed by atoms with Crippen LogP contribution in [0.3, 0.4) is 0 Å². The van der Waals surface area contributed by atoms with E-state index in [-0.39, 0.29) is 42.4 Å². The van der Waals surface area contributed by atoms with Gasteiger partial charge in [-0.05, 0) is 105 Å². The third-order valence-corrected chi connectivity index (χ3v) is 9.48. The summed E-state index contributed by atoms with van der Waals surface area (Å²) in [4.78, 5) is 40.8. The number of nitriles is 1. The number of amides is 3. The molecule has 2 heterocycles. The number of aromatic amines is 1. The lowest BCUT2D eigenvalue weighted by Gasteiger charge is -2.36. The third-order valence-electron chi connectivity index (χ3n) is 9.48. The van der Waals surface area contributed by atoms with E-state index >= 15 is 0 Å². The van der Waals surface area contributed by atoms with Crippen LogP contribution in [0.4, 0.5) is 0 Å². The van der Waals surface area contributed by atoms with Crippen LogP contribution < -0.4 is 16.0 Å². The van der Waals surface area contributed by atoms with Gasteiger partial charge in [0.25, 0.3) is 11.8 Å². The van der Waals surface area contributed by atoms with Crippen molar-refractivity contribution in [3.63, 3.8) is 0 Å². The fourth-order valence-electron chi connectivity index (χ4n) is 7.37. The van der Waals surface area contributed by atoms with Gasteiger partial charge in [0.1, 0.15) is 6.04 Å². The van der Waals surface area contributed by atoms with Crippen molar-refractivity contribution >= 4 is 17.7 Å². The highest BCUT2D eigenvalue weighted by molar-refractivity contribution is 5.95. The van der Waals surface area contributed by atoms with E-state index in [1.54, 1.807) is 4.90 Å². The second kappa shape index (κ2) is 12.4. The SMILES string of the molecule is CCNC(=O)c1ccc2c(c1)CCc1cc(C(=O)NCC)ccc1C2(C[C@H](C)NCC(=O)N1C(C#N)C[C@@H]2C[C@@H]21)c1nn[nH]n1. The number of likely N-dealkylation sites (tertiary alicyclic amines) is 1. The van der Waals surface area contributed by atoms with Gasteiger partial charge in [-0.3, -0.25) is 14.4 Å². The molecule has 3 amide bonds. The molecule has 1 aromatic heterocycles. The first-order valence-corrected chi connectivity index (χ1v) is 15.8. The highest BCUT2D eigenvalue weighted by Gasteiger charge is 2.54. The molecule has 2 aliphatic carbocycles. The van der Waals surface area contributed by atoms with Gasteiger partial charge >= 0.3 is 0 Å². The van der Waals surface area contributed by atoms with Crippen molar-refractivity contribution < 1.29 is 14.4 Å². The summed E-state index contributed by atoms with van der Waals surface area (Å²) in [5.74, 6) is 0.565. The Hall–Kier alpha value is -4.63. The van der Waals surface area contributed by atoms with Crippen LogP contribution in [0.15, 0.2) is 36.4 Å². The molecule has 12 nitrogen and oxygen atoms in total. The van der Waals surface area contributed by atoms with Gasteiger partial charge in [0.15, 0.2) is 5.82 Å². The molecule has 4 atom stereocenters. The fourth-order valence-corrected chi connectivity index (χ4v) is 7.37. The Bertz CT molecular complexity index is 1580. The monoisotopic (exact) mass is 609 g/mol. The minimum Gasteiger partial charge on any atom is -0.352 e. The predicted molar refractivity (Wildman–Crippen MR) is 165 cm³/mol. The van der Waals surface area contributed by atoms with E-state index in [1.807, 2.05) is 57.2 Å². The van der Waals surface area contributed by atoms with Crippen molar-refractivity contribution in [3.05, 3.63) is 75.6 Å². The Morgan fingerprint density at radius 3 is 2.18 bits per heavy atom. The summed E-state index contributed by atoms with van der Waals surface area (Å²) in [6.45, 7) is 6.95. The van der Waals surface area contributed by atoms with Gasteiger partial charge in [0.05, 0.1) is 18.0 Å². The highest BCUT2D eigenvalue weighted by atomic mass is 16.2. The number of rotatable bonds is 10. The van der Waals surface area contributed by atoms with Gasteiger partial charge < -0.3 is 20.9 Å². The maximum Gasteiger partial charge on any atom is 0.251 e. The van der Waals surface area contributed by atoms with Crippen LogP contribution in [0.25, 0.3) is 0 Å². The van der Waals surface area contributed by atoms with Gasteiger partial charge in [-0.1, -0.05) is 17.3 Å². The molecule has 6 rings (SSSR count). The van der Waals surface area contributed by atoms with E-state index in [0.29, 0.717) is 55.2 Å². The normalized spacial score (nSPS) is 21.4. The van der Waals surface area contributed by atoms with Gasteiger partial charge in [0, 0.05) is 36.3 Å². The van der Waals surface area contributed by atoms with Crippen molar-refractivity contribution in [2.75, 3.05) is 19.6 Å². The van der Waals surface area contributed by atoms with Crippen LogP contribution in [0.2, 0.25) is 0 Å². The Balaban J connectivity index is 1.40. The molecule has 1 unspecified atom stereocenters. The molecule has 0 radical (unpaired) electrons. The molecular weight excluding hydrogens is 570 g/mol. The van der Waals surface area contributed by atoms with Crippen LogP contribution >= 0.6 is 0 Å². The fraction of sp³-hybridized carbons (Fsp3) is 0.485. The molecule has 1 saturated carbocycles. The summed E-state index contributed by atoms with van der Waals surface area (Å²) in [5, 5.41) is 34.5. The van der Waals surface area contributed by atoms with Crippen molar-refractivity contribution in [2.24, 2.45) is 5.92 Å². The number of aryl methyl sites for hydroxylation is 2. The quantitative estimate of drug-likeness (QED) is 0.271. The van der Waals surface area contributed by atoms with E-state index in [1.165, 1.54) is 0 Å². The zero-order valence-electron chi connectivity index (χ0n) is 25.9. The smallest absolute Gasteiger partial charge is 0.251 e. The summed E-state index contributed by atoms with van der Waals surface area (Å²) in [6, 6.07) is 13.4. The number of piperidine rings is 1. The second-order valence-electron chi connectivity index (χ2n) is 12.3. The van der Waals surface area contributed by atoms with E-state index in [0.717, 1.165) is 35.1 Å². The average molecular weight is 610 g/mol. The van der Waals surface area contributed by atoms with E-state index in [9.17, 15) is 19.6 Å². The molecule has 234 valence electrons. The Morgan fingerprint density at radius 2 is 1.64 bits per heavy atom. The van der Waals surface area contributed by atoms with E-state index in [4.69, 9.17) is 0 Å². The van der Waals surface area contributed by atoms with Crippen LogP contribution in [0.5, 0.6) is 0 Å². The number of benzene rings is 2. The molecule has 2 fully saturated rings. The minimum atomic E-state index is -0.909. The molecule has 3 aliphatic rings. The molecule has 4 N–H and O–H groups in total. The first kappa shape index (κ1) is 30.4. The number of hydrogen-bond acceptors (Lipinski definition) is 8. The Labute approximate surface area is 262 Å². The van der Waals surface area contributed by atoms with E-state index in [2.05, 4.69) is 42.6 Å². The van der Waals surface area contributed by atoms with Gasteiger partial charge in [-0.2, -0.15) is 10.5 Å². The summed E-state index contributed by atoms with van der Waals surface area (Å²) in [6.07, 6.45) is 3.48. The van der Waals surface area contributed by atoms with Crippen molar-refractivity contribution in [1.82, 2.24) is 41.5 Å². The van der Waals surface area contributed by atoms with Crippen LogP contribution in [-0.2, 0) is 23.1 Å². The lowest BCUT2D eigenvalue weighted by atomic mass is 9.67. The number of H-pyrrole nitrogens is 1. The lowest BCUT2D eigenvalue weighted by molar-refractivity contribution is -0.131. The molecule has 0 spiro atoms. The Morgan fingerprint density at radius 1 is 1.02 bits per heavy atom. The number of hydrogen-bond donors (Lipinski definition) is 4. The lowest BCUT2D eigenvalue weighted by Crippen LogP contribution is -2.46. The molecule has 1 aliphatic heterocycles. The topological polar surface area (TPSA) is 169 Å². The zero-order valence-corrected chi connectivity index (χ0v) is 25.9. The highest BCUT2D eigenvalue weighted by Crippen LogP contribution is 2.48. The predicted octanol–water partition coefficient (Wildman–Crippen LogP) is 2.01. The van der Waals surface area contributed by atoms with Crippen LogP contribution in [0.1, 0.15) is 88.8 Å². The first-order chi connectivity index (χ1) is 21.8. The maximum atomic E-state index is 13.3. The van der Waals surface area contributed by atoms with E-state index < -0.39 is 5.41 Å².